The quantitative estimate of drug-likeness (QED) is 0.140. The van der Waals surface area contributed by atoms with Crippen LogP contribution in [0.3, 0.4) is 0 Å². The summed E-state index contributed by atoms with van der Waals surface area (Å²) in [7, 11) is 1.60. The predicted octanol–water partition coefficient (Wildman–Crippen LogP) is 8.30. The number of rotatable bonds is 10. The molecule has 2 N–H and O–H groups in total. The minimum atomic E-state index is -0.407. The molecule has 6 rings (SSSR count). The van der Waals surface area contributed by atoms with Gasteiger partial charge in [-0.1, -0.05) is 48.5 Å². The molecule has 5 aromatic rings. The number of anilines is 2. The highest BCUT2D eigenvalue weighted by Crippen LogP contribution is 2.30. The molecule has 264 valence electrons. The molecule has 1 aliphatic rings. The van der Waals surface area contributed by atoms with Crippen molar-refractivity contribution in [2.45, 2.75) is 19.8 Å². The summed E-state index contributed by atoms with van der Waals surface area (Å²) >= 11 is 5.16. The molecule has 10 nitrogen and oxygen atoms in total. The van der Waals surface area contributed by atoms with Crippen molar-refractivity contribution in [3.8, 4) is 11.5 Å². The Balaban J connectivity index is 0.000000507. The Morgan fingerprint density at radius 3 is 1.75 bits per heavy atom. The van der Waals surface area contributed by atoms with Crippen molar-refractivity contribution >= 4 is 51.7 Å². The Morgan fingerprint density at radius 1 is 0.692 bits per heavy atom. The van der Waals surface area contributed by atoms with Crippen LogP contribution in [0.5, 0.6) is 11.5 Å². The Morgan fingerprint density at radius 2 is 1.23 bits per heavy atom. The number of hydrazone groups is 1. The van der Waals surface area contributed by atoms with Crippen molar-refractivity contribution in [2.24, 2.45) is 5.10 Å². The standard InChI is InChI=1S/C34H32N4O5.C7H5ClO/c1-3-43-31-22-26(15-20-30(31)42-2)29-10-7-21-38(37-29)34(41)25-13-18-28(19-14-25)36-33(40)24-11-16-27(17-12-24)35-32(39)23-8-5-4-6-9-23;8-7(9)6-4-2-1-3-5-6/h4-6,8-9,11-20,22H,3,7,10,21H2,1-2H3,(H,35,39)(H,36,40);1-5H. The summed E-state index contributed by atoms with van der Waals surface area (Å²) < 4.78 is 11.1. The van der Waals surface area contributed by atoms with Crippen LogP contribution in [0.2, 0.25) is 0 Å². The first-order valence-electron chi connectivity index (χ1n) is 16.6. The summed E-state index contributed by atoms with van der Waals surface area (Å²) in [6.45, 7) is 2.93. The van der Waals surface area contributed by atoms with E-state index in [0.717, 1.165) is 24.1 Å². The molecule has 1 aliphatic heterocycles. The van der Waals surface area contributed by atoms with Crippen molar-refractivity contribution in [3.05, 3.63) is 155 Å². The number of ether oxygens (including phenoxy) is 2. The maximum absolute atomic E-state index is 13.3. The smallest absolute Gasteiger partial charge is 0.273 e. The fourth-order valence-electron chi connectivity index (χ4n) is 5.23. The molecular weight excluding hydrogens is 680 g/mol. The van der Waals surface area contributed by atoms with Gasteiger partial charge in [0.25, 0.3) is 23.0 Å². The van der Waals surface area contributed by atoms with E-state index in [1.54, 1.807) is 104 Å². The van der Waals surface area contributed by atoms with E-state index in [2.05, 4.69) is 15.7 Å². The Hall–Kier alpha value is -6.26. The highest BCUT2D eigenvalue weighted by Gasteiger charge is 2.22. The molecule has 0 fully saturated rings. The van der Waals surface area contributed by atoms with E-state index < -0.39 is 5.24 Å². The van der Waals surface area contributed by atoms with E-state index in [-0.39, 0.29) is 17.7 Å². The van der Waals surface area contributed by atoms with E-state index in [1.165, 1.54) is 5.01 Å². The maximum Gasteiger partial charge on any atom is 0.273 e. The zero-order valence-corrected chi connectivity index (χ0v) is 29.4. The number of carbonyl (C=O) groups excluding carboxylic acids is 4. The molecule has 11 heteroatoms. The van der Waals surface area contributed by atoms with Gasteiger partial charge in [-0.05, 0) is 110 Å². The molecule has 0 aliphatic carbocycles. The van der Waals surface area contributed by atoms with Crippen LogP contribution in [0.25, 0.3) is 0 Å². The van der Waals surface area contributed by atoms with Crippen LogP contribution in [-0.2, 0) is 0 Å². The average Bonchev–Trinajstić information content (AvgIpc) is 3.19. The van der Waals surface area contributed by atoms with Gasteiger partial charge < -0.3 is 20.1 Å². The monoisotopic (exact) mass is 716 g/mol. The largest absolute Gasteiger partial charge is 0.493 e. The van der Waals surface area contributed by atoms with Crippen molar-refractivity contribution in [3.63, 3.8) is 0 Å². The lowest BCUT2D eigenvalue weighted by Crippen LogP contribution is -2.32. The lowest BCUT2D eigenvalue weighted by atomic mass is 10.0. The van der Waals surface area contributed by atoms with E-state index in [0.29, 0.717) is 58.3 Å². The second-order valence-corrected chi connectivity index (χ2v) is 11.8. The second-order valence-electron chi connectivity index (χ2n) is 11.4. The average molecular weight is 717 g/mol. The molecule has 0 spiro atoms. The minimum absolute atomic E-state index is 0.221. The number of benzene rings is 5. The fraction of sp³-hybridized carbons (Fsp3) is 0.146. The van der Waals surface area contributed by atoms with Gasteiger partial charge in [0.1, 0.15) is 0 Å². The van der Waals surface area contributed by atoms with Crippen molar-refractivity contribution in [1.82, 2.24) is 5.01 Å². The van der Waals surface area contributed by atoms with Gasteiger partial charge in [-0.25, -0.2) is 5.01 Å². The lowest BCUT2D eigenvalue weighted by molar-refractivity contribution is 0.0751. The van der Waals surface area contributed by atoms with Crippen molar-refractivity contribution in [2.75, 3.05) is 30.9 Å². The van der Waals surface area contributed by atoms with Crippen LogP contribution >= 0.6 is 11.6 Å². The second kappa shape index (κ2) is 18.1. The highest BCUT2D eigenvalue weighted by atomic mass is 35.5. The third kappa shape index (κ3) is 9.92. The van der Waals surface area contributed by atoms with Gasteiger partial charge in [0.05, 0.1) is 19.4 Å². The molecule has 0 atom stereocenters. The van der Waals surface area contributed by atoms with Gasteiger partial charge in [-0.3, -0.25) is 19.2 Å². The van der Waals surface area contributed by atoms with E-state index in [9.17, 15) is 19.2 Å². The lowest BCUT2D eigenvalue weighted by Gasteiger charge is -2.24. The third-order valence-electron chi connectivity index (χ3n) is 7.89. The number of amides is 3. The normalized spacial score (nSPS) is 12.0. The first-order valence-corrected chi connectivity index (χ1v) is 17.0. The number of nitrogens with one attached hydrogen (secondary N) is 2. The van der Waals surface area contributed by atoms with E-state index in [4.69, 9.17) is 21.1 Å². The fourth-order valence-corrected chi connectivity index (χ4v) is 5.36. The van der Waals surface area contributed by atoms with Crippen LogP contribution in [0.1, 0.15) is 66.8 Å². The SMILES string of the molecule is CCOc1cc(C2=NN(C(=O)c3ccc(NC(=O)c4ccc(NC(=O)c5ccccc5)cc4)cc3)CCC2)ccc1OC.O=C(Cl)c1ccccc1. The molecule has 0 saturated carbocycles. The first kappa shape index (κ1) is 37.0. The summed E-state index contributed by atoms with van der Waals surface area (Å²) in [5.41, 5.74) is 4.80. The maximum atomic E-state index is 13.3. The van der Waals surface area contributed by atoms with Crippen LogP contribution in [0.4, 0.5) is 11.4 Å². The summed E-state index contributed by atoms with van der Waals surface area (Å²) in [4.78, 5) is 48.8. The van der Waals surface area contributed by atoms with Gasteiger partial charge >= 0.3 is 0 Å². The number of nitrogens with zero attached hydrogens (tertiary/aromatic N) is 2. The number of methoxy groups -OCH3 is 1. The molecule has 3 amide bonds. The topological polar surface area (TPSA) is 126 Å². The van der Waals surface area contributed by atoms with Crippen LogP contribution in [-0.4, -0.2) is 53.9 Å². The zero-order chi connectivity index (χ0) is 36.9. The molecule has 0 aromatic heterocycles. The Kier molecular flexibility index (Phi) is 12.9. The molecule has 0 saturated heterocycles. The van der Waals surface area contributed by atoms with Gasteiger partial charge in [0.2, 0.25) is 0 Å². The molecule has 0 radical (unpaired) electrons. The Bertz CT molecular complexity index is 2040. The molecule has 0 unspecified atom stereocenters. The highest BCUT2D eigenvalue weighted by molar-refractivity contribution is 6.67. The molecule has 52 heavy (non-hydrogen) atoms. The Labute approximate surface area is 307 Å². The molecule has 5 aromatic carbocycles. The zero-order valence-electron chi connectivity index (χ0n) is 28.7. The molecular formula is C41H37ClN4O6. The number of halogens is 1. The van der Waals surface area contributed by atoms with Crippen LogP contribution < -0.4 is 20.1 Å². The van der Waals surface area contributed by atoms with Gasteiger partial charge in [0, 0.05) is 45.7 Å². The van der Waals surface area contributed by atoms with E-state index >= 15 is 0 Å². The van der Waals surface area contributed by atoms with Crippen molar-refractivity contribution < 1.29 is 28.7 Å². The first-order chi connectivity index (χ1) is 25.2. The summed E-state index contributed by atoms with van der Waals surface area (Å²) in [6, 6.07) is 36.6. The predicted molar refractivity (Wildman–Crippen MR) is 203 cm³/mol. The number of hydrogen-bond donors (Lipinski definition) is 2. The van der Waals surface area contributed by atoms with Gasteiger partial charge in [-0.15, -0.1) is 0 Å². The van der Waals surface area contributed by atoms with Crippen LogP contribution in [0.15, 0.2) is 132 Å². The molecule has 0 bridgehead atoms. The summed E-state index contributed by atoms with van der Waals surface area (Å²) in [5, 5.41) is 11.4. The van der Waals surface area contributed by atoms with Crippen molar-refractivity contribution in [1.29, 1.82) is 0 Å². The van der Waals surface area contributed by atoms with Crippen LogP contribution in [0, 0.1) is 0 Å². The summed E-state index contributed by atoms with van der Waals surface area (Å²) in [5.74, 6) is 0.525. The molecule has 1 heterocycles. The van der Waals surface area contributed by atoms with Gasteiger partial charge in [0.15, 0.2) is 11.5 Å². The number of hydrogen-bond acceptors (Lipinski definition) is 7. The third-order valence-corrected chi connectivity index (χ3v) is 8.11. The summed E-state index contributed by atoms with van der Waals surface area (Å²) in [6.07, 6.45) is 1.52. The van der Waals surface area contributed by atoms with Gasteiger partial charge in [-0.2, -0.15) is 5.10 Å². The van der Waals surface area contributed by atoms with E-state index in [1.807, 2.05) is 37.3 Å². The minimum Gasteiger partial charge on any atom is -0.493 e. The number of carbonyl (C=O) groups is 4.